The Hall–Kier alpha value is -1.26. The number of hydrogen-bond donors (Lipinski definition) is 2. The maximum Gasteiger partial charge on any atom is 0.220 e. The zero-order chi connectivity index (χ0) is 22.1. The van der Waals surface area contributed by atoms with Crippen LogP contribution in [0.4, 0.5) is 0 Å². The molecule has 0 aliphatic carbocycles. The summed E-state index contributed by atoms with van der Waals surface area (Å²) in [6, 6.07) is 0. The van der Waals surface area contributed by atoms with E-state index >= 15 is 0 Å². The molecule has 0 saturated carbocycles. The maximum absolute atomic E-state index is 11.5. The van der Waals surface area contributed by atoms with Crippen molar-refractivity contribution in [2.45, 2.75) is 46.0 Å². The van der Waals surface area contributed by atoms with Crippen LogP contribution in [-0.4, -0.2) is 91.0 Å². The van der Waals surface area contributed by atoms with Gasteiger partial charge in [0, 0.05) is 32.5 Å². The van der Waals surface area contributed by atoms with Crippen LogP contribution in [0.15, 0.2) is 0 Å². The van der Waals surface area contributed by atoms with Crippen molar-refractivity contribution < 1.29 is 33.3 Å². The molecule has 2 N–H and O–H groups in total. The zero-order valence-electron chi connectivity index (χ0n) is 18.9. The molecule has 2 amide bonds. The van der Waals surface area contributed by atoms with Crippen LogP contribution < -0.4 is 10.6 Å². The molecule has 0 atom stereocenters. The maximum atomic E-state index is 11.5. The lowest BCUT2D eigenvalue weighted by Gasteiger charge is -2.08. The van der Waals surface area contributed by atoms with Crippen molar-refractivity contribution in [1.82, 2.24) is 10.6 Å². The number of unbranched alkanes of at least 4 members (excludes halogenated alkanes) is 1. The van der Waals surface area contributed by atoms with Crippen molar-refractivity contribution in [3.8, 4) is 0 Å². The molecule has 0 unspecified atom stereocenters. The van der Waals surface area contributed by atoms with Gasteiger partial charge < -0.3 is 34.3 Å². The molecule has 0 spiro atoms. The Balaban J connectivity index is 3.10. The van der Waals surface area contributed by atoms with E-state index in [2.05, 4.69) is 17.6 Å². The summed E-state index contributed by atoms with van der Waals surface area (Å²) in [5.41, 5.74) is 0. The molecule has 178 valence electrons. The lowest BCUT2D eigenvalue weighted by atomic mass is 10.3. The minimum atomic E-state index is 0.0301. The molecular formula is C21H42N2O7. The third-order valence-electron chi connectivity index (χ3n) is 3.92. The van der Waals surface area contributed by atoms with Gasteiger partial charge in [-0.3, -0.25) is 9.59 Å². The van der Waals surface area contributed by atoms with Crippen molar-refractivity contribution in [1.29, 1.82) is 0 Å². The third kappa shape index (κ3) is 23.0. The van der Waals surface area contributed by atoms with Crippen LogP contribution in [0, 0.1) is 0 Å². The van der Waals surface area contributed by atoms with Gasteiger partial charge in [-0.25, -0.2) is 0 Å². The predicted octanol–water partition coefficient (Wildman–Crippen LogP) is 1.29. The van der Waals surface area contributed by atoms with Gasteiger partial charge in [0.05, 0.1) is 59.5 Å². The summed E-state index contributed by atoms with van der Waals surface area (Å²) in [5.74, 6) is 0.122. The smallest absolute Gasteiger partial charge is 0.220 e. The van der Waals surface area contributed by atoms with Crippen LogP contribution in [0.25, 0.3) is 0 Å². The standard InChI is InChI=1S/C21H42N2O7/c1-3-5-8-22-21(25)7-6-10-26-12-14-28-16-18-30-19-17-29-15-13-27-11-9-23-20(24)4-2/h3-19H2,1-2H3,(H,22,25)(H,23,24). The molecule has 0 bridgehead atoms. The molecule has 0 aliphatic rings. The first-order valence-electron chi connectivity index (χ1n) is 11.1. The number of carbonyl (C=O) groups excluding carboxylic acids is 2. The Labute approximate surface area is 181 Å². The molecule has 0 aromatic rings. The first-order chi connectivity index (χ1) is 14.7. The fraction of sp³-hybridized carbons (Fsp3) is 0.905. The van der Waals surface area contributed by atoms with E-state index in [-0.39, 0.29) is 11.8 Å². The summed E-state index contributed by atoms with van der Waals surface area (Å²) < 4.78 is 27.0. The van der Waals surface area contributed by atoms with E-state index < -0.39 is 0 Å². The number of hydrogen-bond acceptors (Lipinski definition) is 7. The van der Waals surface area contributed by atoms with E-state index in [4.69, 9.17) is 23.7 Å². The molecule has 0 fully saturated rings. The van der Waals surface area contributed by atoms with E-state index in [9.17, 15) is 9.59 Å². The topological polar surface area (TPSA) is 104 Å². The number of carbonyl (C=O) groups is 2. The van der Waals surface area contributed by atoms with Crippen LogP contribution in [0.2, 0.25) is 0 Å². The largest absolute Gasteiger partial charge is 0.379 e. The summed E-state index contributed by atoms with van der Waals surface area (Å²) in [4.78, 5) is 22.5. The molecule has 30 heavy (non-hydrogen) atoms. The first-order valence-corrected chi connectivity index (χ1v) is 11.1. The van der Waals surface area contributed by atoms with Crippen molar-refractivity contribution in [2.75, 3.05) is 79.2 Å². The van der Waals surface area contributed by atoms with Gasteiger partial charge in [-0.2, -0.15) is 0 Å². The summed E-state index contributed by atoms with van der Waals surface area (Å²) in [7, 11) is 0. The molecule has 0 aromatic heterocycles. The Morgan fingerprint density at radius 2 is 1.03 bits per heavy atom. The average Bonchev–Trinajstić information content (AvgIpc) is 2.75. The van der Waals surface area contributed by atoms with Gasteiger partial charge in [-0.15, -0.1) is 0 Å². The summed E-state index contributed by atoms with van der Waals surface area (Å²) in [6.45, 7) is 10.3. The number of amides is 2. The predicted molar refractivity (Wildman–Crippen MR) is 115 cm³/mol. The highest BCUT2D eigenvalue weighted by atomic mass is 16.6. The fourth-order valence-corrected chi connectivity index (χ4v) is 2.20. The SMILES string of the molecule is CCCCNC(=O)CCCOCCOCCOCCOCCOCCNC(=O)CC. The van der Waals surface area contributed by atoms with Crippen LogP contribution in [0.5, 0.6) is 0 Å². The van der Waals surface area contributed by atoms with E-state index in [0.29, 0.717) is 85.5 Å². The van der Waals surface area contributed by atoms with E-state index in [1.54, 1.807) is 0 Å². The van der Waals surface area contributed by atoms with Gasteiger partial charge in [0.25, 0.3) is 0 Å². The fourth-order valence-electron chi connectivity index (χ4n) is 2.20. The van der Waals surface area contributed by atoms with Crippen LogP contribution in [0.1, 0.15) is 46.0 Å². The molecule has 0 heterocycles. The second-order valence-corrected chi connectivity index (χ2v) is 6.57. The van der Waals surface area contributed by atoms with Crippen LogP contribution in [-0.2, 0) is 33.3 Å². The lowest BCUT2D eigenvalue weighted by molar-refractivity contribution is -0.122. The molecule has 0 aliphatic heterocycles. The molecule has 0 aromatic carbocycles. The second kappa shape index (κ2) is 24.0. The first kappa shape index (κ1) is 28.7. The molecule has 0 radical (unpaired) electrons. The van der Waals surface area contributed by atoms with Gasteiger partial charge in [0.1, 0.15) is 0 Å². The average molecular weight is 435 g/mol. The molecule has 9 nitrogen and oxygen atoms in total. The summed E-state index contributed by atoms with van der Waals surface area (Å²) >= 11 is 0. The van der Waals surface area contributed by atoms with Crippen molar-refractivity contribution >= 4 is 11.8 Å². The third-order valence-corrected chi connectivity index (χ3v) is 3.92. The number of ether oxygens (including phenoxy) is 5. The monoisotopic (exact) mass is 434 g/mol. The highest BCUT2D eigenvalue weighted by Crippen LogP contribution is 1.92. The molecule has 0 rings (SSSR count). The minimum absolute atomic E-state index is 0.0301. The summed E-state index contributed by atoms with van der Waals surface area (Å²) in [6.07, 6.45) is 3.82. The normalized spacial score (nSPS) is 10.9. The minimum Gasteiger partial charge on any atom is -0.379 e. The lowest BCUT2D eigenvalue weighted by Crippen LogP contribution is -2.26. The Morgan fingerprint density at radius 3 is 1.53 bits per heavy atom. The second-order valence-electron chi connectivity index (χ2n) is 6.57. The highest BCUT2D eigenvalue weighted by Gasteiger charge is 2.00. The number of nitrogens with one attached hydrogen (secondary N) is 2. The Morgan fingerprint density at radius 1 is 0.567 bits per heavy atom. The van der Waals surface area contributed by atoms with Gasteiger partial charge in [0.15, 0.2) is 0 Å². The number of rotatable bonds is 23. The zero-order valence-corrected chi connectivity index (χ0v) is 18.9. The molecule has 9 heteroatoms. The van der Waals surface area contributed by atoms with E-state index in [1.807, 2.05) is 6.92 Å². The van der Waals surface area contributed by atoms with E-state index in [0.717, 1.165) is 25.8 Å². The molecule has 0 saturated heterocycles. The van der Waals surface area contributed by atoms with Gasteiger partial charge >= 0.3 is 0 Å². The van der Waals surface area contributed by atoms with Crippen molar-refractivity contribution in [3.63, 3.8) is 0 Å². The quantitative estimate of drug-likeness (QED) is 0.234. The van der Waals surface area contributed by atoms with Gasteiger partial charge in [0.2, 0.25) is 11.8 Å². The van der Waals surface area contributed by atoms with Crippen LogP contribution in [0.3, 0.4) is 0 Å². The van der Waals surface area contributed by atoms with E-state index in [1.165, 1.54) is 0 Å². The van der Waals surface area contributed by atoms with Gasteiger partial charge in [-0.1, -0.05) is 20.3 Å². The Bertz CT molecular complexity index is 398. The van der Waals surface area contributed by atoms with Gasteiger partial charge in [-0.05, 0) is 12.8 Å². The highest BCUT2D eigenvalue weighted by molar-refractivity contribution is 5.75. The van der Waals surface area contributed by atoms with Crippen molar-refractivity contribution in [3.05, 3.63) is 0 Å². The Kier molecular flexibility index (Phi) is 23.0. The van der Waals surface area contributed by atoms with Crippen molar-refractivity contribution in [2.24, 2.45) is 0 Å². The molecular weight excluding hydrogens is 392 g/mol. The van der Waals surface area contributed by atoms with Crippen LogP contribution >= 0.6 is 0 Å². The summed E-state index contributed by atoms with van der Waals surface area (Å²) in [5, 5.41) is 5.62.